The van der Waals surface area contributed by atoms with E-state index >= 15 is 0 Å². The zero-order valence-electron chi connectivity index (χ0n) is 21.1. The van der Waals surface area contributed by atoms with Crippen LogP contribution in [-0.4, -0.2) is 29.4 Å². The molecule has 0 aromatic heterocycles. The van der Waals surface area contributed by atoms with Crippen LogP contribution in [0.25, 0.3) is 0 Å². The molecule has 4 heteroatoms. The average molecular weight is 446 g/mol. The molecule has 4 aliphatic carbocycles. The van der Waals surface area contributed by atoms with Crippen LogP contribution in [0.4, 0.5) is 0 Å². The Balaban J connectivity index is 1.34. The molecule has 182 valence electrons. The highest BCUT2D eigenvalue weighted by Crippen LogP contribution is 2.70. The van der Waals surface area contributed by atoms with Crippen molar-refractivity contribution in [2.75, 3.05) is 0 Å². The molecule has 1 aliphatic heterocycles. The Bertz CT molecular complexity index is 725. The van der Waals surface area contributed by atoms with Crippen molar-refractivity contribution in [1.29, 1.82) is 0 Å². The van der Waals surface area contributed by atoms with Crippen molar-refractivity contribution < 1.29 is 14.6 Å². The van der Waals surface area contributed by atoms with Crippen LogP contribution < -0.4 is 5.32 Å². The summed E-state index contributed by atoms with van der Waals surface area (Å²) in [7, 11) is 0. The Hall–Kier alpha value is -0.610. The Morgan fingerprint density at radius 2 is 1.81 bits per heavy atom. The Labute approximate surface area is 195 Å². The molecule has 1 amide bonds. The molecule has 3 unspecified atom stereocenters. The minimum absolute atomic E-state index is 0.231. The summed E-state index contributed by atoms with van der Waals surface area (Å²) in [6.07, 6.45) is 13.0. The lowest BCUT2D eigenvalue weighted by Gasteiger charge is -2.61. The maximum absolute atomic E-state index is 11.5. The van der Waals surface area contributed by atoms with Crippen molar-refractivity contribution in [2.45, 2.75) is 117 Å². The van der Waals surface area contributed by atoms with Gasteiger partial charge in [0.25, 0.3) is 0 Å². The third-order valence-electron chi connectivity index (χ3n) is 11.7. The fourth-order valence-electron chi connectivity index (χ4n) is 9.98. The van der Waals surface area contributed by atoms with Gasteiger partial charge in [-0.15, -0.1) is 0 Å². The van der Waals surface area contributed by atoms with Crippen molar-refractivity contribution in [3.8, 4) is 0 Å². The monoisotopic (exact) mass is 445 g/mol. The molecule has 0 aromatic carbocycles. The van der Waals surface area contributed by atoms with Gasteiger partial charge in [0.05, 0.1) is 6.10 Å². The number of nitrogens with one attached hydrogen (secondary N) is 1. The summed E-state index contributed by atoms with van der Waals surface area (Å²) in [6, 6.07) is 0.389. The van der Waals surface area contributed by atoms with E-state index in [-0.39, 0.29) is 12.0 Å². The van der Waals surface area contributed by atoms with Crippen LogP contribution in [0.5, 0.6) is 0 Å². The third-order valence-corrected chi connectivity index (χ3v) is 11.7. The van der Waals surface area contributed by atoms with Gasteiger partial charge in [-0.25, -0.2) is 0 Å². The Morgan fingerprint density at radius 3 is 2.53 bits per heavy atom. The summed E-state index contributed by atoms with van der Waals surface area (Å²) in [5.41, 5.74) is 0.751. The molecule has 32 heavy (non-hydrogen) atoms. The summed E-state index contributed by atoms with van der Waals surface area (Å²) in [5.74, 6) is 3.56. The lowest BCUT2D eigenvalue weighted by atomic mass is 9.44. The average Bonchev–Trinajstić information content (AvgIpc) is 3.17. The van der Waals surface area contributed by atoms with Gasteiger partial charge in [0.15, 0.2) is 5.79 Å². The lowest BCUT2D eigenvalue weighted by molar-refractivity contribution is -0.221. The summed E-state index contributed by atoms with van der Waals surface area (Å²) < 4.78 is 6.56. The molecule has 4 saturated carbocycles. The van der Waals surface area contributed by atoms with E-state index in [9.17, 15) is 9.90 Å². The van der Waals surface area contributed by atoms with Crippen LogP contribution in [0.1, 0.15) is 98.8 Å². The van der Waals surface area contributed by atoms with Gasteiger partial charge >= 0.3 is 0 Å². The molecule has 5 rings (SSSR count). The smallest absolute Gasteiger partial charge is 0.207 e. The van der Waals surface area contributed by atoms with E-state index < -0.39 is 5.79 Å². The van der Waals surface area contributed by atoms with E-state index in [4.69, 9.17) is 4.74 Å². The molecule has 11 atom stereocenters. The number of amides is 1. The number of aliphatic hydroxyl groups is 1. The van der Waals surface area contributed by atoms with Gasteiger partial charge < -0.3 is 15.2 Å². The Kier molecular flexibility index (Phi) is 5.76. The molecular weight excluding hydrogens is 398 g/mol. The maximum Gasteiger partial charge on any atom is 0.207 e. The predicted octanol–water partition coefficient (Wildman–Crippen LogP) is 5.53. The standard InChI is InChI=1S/C28H47NO3/c1-17(2)8-13-28(31)18(3)25-24(32-28)15-23-21-7-6-19-14-20(29-16-30)9-11-26(19,4)22(21)10-12-27(23,25)5/h16-25,31H,6-15H2,1-5H3,(H,29,30)/t18-,19+,20?,21+,22-,23-,24-,25?,26?,27-,28+/m0/s1. The van der Waals surface area contributed by atoms with E-state index in [1.165, 1.54) is 38.5 Å². The summed E-state index contributed by atoms with van der Waals surface area (Å²) in [4.78, 5) is 11.0. The predicted molar refractivity (Wildman–Crippen MR) is 127 cm³/mol. The third kappa shape index (κ3) is 3.33. The van der Waals surface area contributed by atoms with Gasteiger partial charge in [-0.1, -0.05) is 34.6 Å². The van der Waals surface area contributed by atoms with Crippen LogP contribution in [0.3, 0.4) is 0 Å². The molecule has 1 heterocycles. The van der Waals surface area contributed by atoms with Crippen LogP contribution in [0, 0.1) is 52.3 Å². The van der Waals surface area contributed by atoms with Gasteiger partial charge in [-0.3, -0.25) is 4.79 Å². The number of carbonyl (C=O) groups is 1. The van der Waals surface area contributed by atoms with Gasteiger partial charge in [0, 0.05) is 18.4 Å². The molecule has 0 bridgehead atoms. The molecule has 5 fully saturated rings. The number of fused-ring (bicyclic) bond motifs is 7. The van der Waals surface area contributed by atoms with Crippen molar-refractivity contribution >= 4 is 6.41 Å². The molecule has 0 aromatic rings. The van der Waals surface area contributed by atoms with Crippen LogP contribution in [0.2, 0.25) is 0 Å². The Morgan fingerprint density at radius 1 is 1.06 bits per heavy atom. The number of rotatable bonds is 5. The zero-order chi connectivity index (χ0) is 22.9. The van der Waals surface area contributed by atoms with E-state index in [0.717, 1.165) is 55.8 Å². The number of carbonyl (C=O) groups excluding carboxylic acids is 1. The molecule has 4 nitrogen and oxygen atoms in total. The highest BCUT2D eigenvalue weighted by Gasteiger charge is 2.68. The summed E-state index contributed by atoms with van der Waals surface area (Å²) in [6.45, 7) is 11.9. The van der Waals surface area contributed by atoms with Gasteiger partial charge in [-0.05, 0) is 104 Å². The molecule has 5 aliphatic rings. The fraction of sp³-hybridized carbons (Fsp3) is 0.964. The van der Waals surface area contributed by atoms with Crippen LogP contribution in [0.15, 0.2) is 0 Å². The highest BCUT2D eigenvalue weighted by molar-refractivity contribution is 5.46. The number of hydrogen-bond donors (Lipinski definition) is 2. The van der Waals surface area contributed by atoms with Crippen molar-refractivity contribution in [2.24, 2.45) is 52.3 Å². The highest BCUT2D eigenvalue weighted by atomic mass is 16.6. The normalized spacial score (nSPS) is 54.5. The SMILES string of the molecule is CC(C)CC[C@@]1(O)O[C@H]2C[C@H]3[C@@H]4CC[C@@H]5CC(NC=O)CCC5(C)[C@H]4CC[C@]3(C)C2[C@@H]1C. The second-order valence-corrected chi connectivity index (χ2v) is 13.4. The summed E-state index contributed by atoms with van der Waals surface area (Å²) >= 11 is 0. The molecule has 1 saturated heterocycles. The zero-order valence-corrected chi connectivity index (χ0v) is 21.1. The van der Waals surface area contributed by atoms with Crippen LogP contribution >= 0.6 is 0 Å². The van der Waals surface area contributed by atoms with Crippen molar-refractivity contribution in [1.82, 2.24) is 5.32 Å². The number of ether oxygens (including phenoxy) is 1. The quantitative estimate of drug-likeness (QED) is 0.547. The fourth-order valence-corrected chi connectivity index (χ4v) is 9.98. The van der Waals surface area contributed by atoms with Crippen molar-refractivity contribution in [3.63, 3.8) is 0 Å². The molecular formula is C28H47NO3. The number of hydrogen-bond acceptors (Lipinski definition) is 3. The first-order chi connectivity index (χ1) is 15.1. The second kappa shape index (κ2) is 7.97. The maximum atomic E-state index is 11.5. The molecule has 0 radical (unpaired) electrons. The minimum Gasteiger partial charge on any atom is -0.365 e. The second-order valence-electron chi connectivity index (χ2n) is 13.4. The molecule has 0 spiro atoms. The van der Waals surface area contributed by atoms with E-state index in [0.29, 0.717) is 28.7 Å². The molecule has 2 N–H and O–H groups in total. The first kappa shape index (κ1) is 23.1. The topological polar surface area (TPSA) is 58.6 Å². The van der Waals surface area contributed by atoms with Gasteiger partial charge in [0.2, 0.25) is 6.41 Å². The van der Waals surface area contributed by atoms with Gasteiger partial charge in [-0.2, -0.15) is 0 Å². The minimum atomic E-state index is -0.919. The first-order valence-corrected chi connectivity index (χ1v) is 13.7. The lowest BCUT2D eigenvalue weighted by Crippen LogP contribution is -2.55. The largest absolute Gasteiger partial charge is 0.365 e. The van der Waals surface area contributed by atoms with Gasteiger partial charge in [0.1, 0.15) is 0 Å². The van der Waals surface area contributed by atoms with E-state index in [2.05, 4.69) is 39.9 Å². The van der Waals surface area contributed by atoms with E-state index in [1.807, 2.05) is 0 Å². The summed E-state index contributed by atoms with van der Waals surface area (Å²) in [5, 5.41) is 14.5. The first-order valence-electron chi connectivity index (χ1n) is 13.7. The van der Waals surface area contributed by atoms with Crippen molar-refractivity contribution in [3.05, 3.63) is 0 Å². The van der Waals surface area contributed by atoms with E-state index in [1.54, 1.807) is 0 Å². The van der Waals surface area contributed by atoms with Crippen LogP contribution in [-0.2, 0) is 9.53 Å².